The Balaban J connectivity index is 1.75. The quantitative estimate of drug-likeness (QED) is 0.772. The van der Waals surface area contributed by atoms with E-state index in [1.807, 2.05) is 19.9 Å². The van der Waals surface area contributed by atoms with Crippen LogP contribution in [-0.4, -0.2) is 15.5 Å². The van der Waals surface area contributed by atoms with Gasteiger partial charge >= 0.3 is 0 Å². The summed E-state index contributed by atoms with van der Waals surface area (Å²) < 4.78 is 6.87. The van der Waals surface area contributed by atoms with Crippen LogP contribution in [0.1, 0.15) is 23.3 Å². The van der Waals surface area contributed by atoms with E-state index < -0.39 is 0 Å². The molecule has 0 fully saturated rings. The minimum absolute atomic E-state index is 0.148. The molecule has 1 aromatic carbocycles. The summed E-state index contributed by atoms with van der Waals surface area (Å²) >= 11 is 5.95. The molecule has 3 rings (SSSR count). The second-order valence-electron chi connectivity index (χ2n) is 5.96. The van der Waals surface area contributed by atoms with Crippen molar-refractivity contribution >= 4 is 34.3 Å². The third-order valence-electron chi connectivity index (χ3n) is 4.21. The zero-order chi connectivity index (χ0) is 18.1. The molecule has 0 saturated heterocycles. The highest BCUT2D eigenvalue weighted by atomic mass is 35.5. The predicted molar refractivity (Wildman–Crippen MR) is 97.2 cm³/mol. The normalized spacial score (nSPS) is 11.0. The van der Waals surface area contributed by atoms with Gasteiger partial charge in [0.2, 0.25) is 11.6 Å². The second kappa shape index (κ2) is 6.72. The summed E-state index contributed by atoms with van der Waals surface area (Å²) in [6.45, 7) is 5.74. The number of fused-ring (bicyclic) bond motifs is 1. The summed E-state index contributed by atoms with van der Waals surface area (Å²) in [5.41, 5.74) is 2.49. The van der Waals surface area contributed by atoms with E-state index in [9.17, 15) is 9.59 Å². The van der Waals surface area contributed by atoms with E-state index in [0.717, 1.165) is 11.1 Å². The maximum atomic E-state index is 12.5. The van der Waals surface area contributed by atoms with Crippen molar-refractivity contribution in [2.45, 2.75) is 33.7 Å². The average molecular weight is 360 g/mol. The van der Waals surface area contributed by atoms with Crippen LogP contribution in [0.25, 0.3) is 11.1 Å². The molecule has 6 nitrogen and oxygen atoms in total. The number of carbonyl (C=O) groups excluding carboxylic acids is 1. The number of hydrogen-bond acceptors (Lipinski definition) is 4. The number of hydrogen-bond donors (Lipinski definition) is 1. The Kier molecular flexibility index (Phi) is 4.63. The van der Waals surface area contributed by atoms with Crippen LogP contribution in [0.2, 0.25) is 5.02 Å². The number of carbonyl (C=O) groups is 1. The van der Waals surface area contributed by atoms with Crippen molar-refractivity contribution in [1.29, 1.82) is 0 Å². The molecule has 0 aliphatic carbocycles. The fraction of sp³-hybridized carbons (Fsp3) is 0.278. The molecule has 0 aliphatic rings. The standard InChI is InChI=1S/C18H18ClN3O3/c1-10-4-5-13(19)8-14(10)21-15(23)6-7-22-9-20-17-16(18(22)24)11(2)12(3)25-17/h4-5,8-9H,6-7H2,1-3H3,(H,21,23). The van der Waals surface area contributed by atoms with E-state index in [2.05, 4.69) is 10.3 Å². The Morgan fingerprint density at radius 1 is 1.32 bits per heavy atom. The van der Waals surface area contributed by atoms with Crippen LogP contribution in [0, 0.1) is 20.8 Å². The molecule has 0 atom stereocenters. The van der Waals surface area contributed by atoms with E-state index in [1.165, 1.54) is 10.9 Å². The molecule has 0 spiro atoms. The maximum Gasteiger partial charge on any atom is 0.264 e. The van der Waals surface area contributed by atoms with Gasteiger partial charge in [0.1, 0.15) is 17.5 Å². The third kappa shape index (κ3) is 3.44. The van der Waals surface area contributed by atoms with Gasteiger partial charge in [0.05, 0.1) is 0 Å². The molecular formula is C18H18ClN3O3. The zero-order valence-electron chi connectivity index (χ0n) is 14.2. The van der Waals surface area contributed by atoms with Crippen LogP contribution in [-0.2, 0) is 11.3 Å². The molecule has 0 aliphatic heterocycles. The topological polar surface area (TPSA) is 77.1 Å². The monoisotopic (exact) mass is 359 g/mol. The van der Waals surface area contributed by atoms with Gasteiger partial charge in [0, 0.05) is 29.2 Å². The van der Waals surface area contributed by atoms with Gasteiger partial charge in [-0.25, -0.2) is 4.98 Å². The number of nitrogens with zero attached hydrogens (tertiary/aromatic N) is 2. The van der Waals surface area contributed by atoms with Crippen molar-refractivity contribution in [3.05, 3.63) is 56.8 Å². The summed E-state index contributed by atoms with van der Waals surface area (Å²) in [4.78, 5) is 28.9. The summed E-state index contributed by atoms with van der Waals surface area (Å²) in [6, 6.07) is 5.30. The number of aryl methyl sites for hydroxylation is 4. The summed E-state index contributed by atoms with van der Waals surface area (Å²) in [5.74, 6) is 0.476. The van der Waals surface area contributed by atoms with Gasteiger partial charge in [-0.3, -0.25) is 14.2 Å². The fourth-order valence-corrected chi connectivity index (χ4v) is 2.76. The number of rotatable bonds is 4. The molecule has 25 heavy (non-hydrogen) atoms. The predicted octanol–water partition coefficient (Wildman–Crippen LogP) is 3.60. The van der Waals surface area contributed by atoms with Crippen molar-refractivity contribution in [3.8, 4) is 0 Å². The van der Waals surface area contributed by atoms with Crippen molar-refractivity contribution < 1.29 is 9.21 Å². The van der Waals surface area contributed by atoms with E-state index in [-0.39, 0.29) is 24.4 Å². The van der Waals surface area contributed by atoms with E-state index >= 15 is 0 Å². The largest absolute Gasteiger partial charge is 0.443 e. The SMILES string of the molecule is Cc1ccc(Cl)cc1NC(=O)CCn1cnc2oc(C)c(C)c2c1=O. The lowest BCUT2D eigenvalue weighted by Gasteiger charge is -2.09. The van der Waals surface area contributed by atoms with Crippen LogP contribution in [0.5, 0.6) is 0 Å². The number of benzene rings is 1. The lowest BCUT2D eigenvalue weighted by Crippen LogP contribution is -2.23. The first-order chi connectivity index (χ1) is 11.9. The van der Waals surface area contributed by atoms with Gasteiger partial charge in [-0.1, -0.05) is 17.7 Å². The molecule has 2 aromatic heterocycles. The molecule has 0 saturated carbocycles. The molecular weight excluding hydrogens is 342 g/mol. The third-order valence-corrected chi connectivity index (χ3v) is 4.44. The van der Waals surface area contributed by atoms with Crippen molar-refractivity contribution in [2.24, 2.45) is 0 Å². The van der Waals surface area contributed by atoms with Crippen molar-refractivity contribution in [2.75, 3.05) is 5.32 Å². The van der Waals surface area contributed by atoms with Crippen LogP contribution >= 0.6 is 11.6 Å². The molecule has 1 amide bonds. The van der Waals surface area contributed by atoms with E-state index in [4.69, 9.17) is 16.0 Å². The lowest BCUT2D eigenvalue weighted by atomic mass is 10.2. The Hall–Kier alpha value is -2.60. The molecule has 2 heterocycles. The van der Waals surface area contributed by atoms with Gasteiger partial charge in [-0.2, -0.15) is 0 Å². The summed E-state index contributed by atoms with van der Waals surface area (Å²) in [6.07, 6.45) is 1.56. The lowest BCUT2D eigenvalue weighted by molar-refractivity contribution is -0.116. The minimum Gasteiger partial charge on any atom is -0.443 e. The molecule has 1 N–H and O–H groups in total. The first-order valence-electron chi connectivity index (χ1n) is 7.88. The van der Waals surface area contributed by atoms with Gasteiger partial charge in [-0.05, 0) is 38.5 Å². The Morgan fingerprint density at radius 3 is 2.84 bits per heavy atom. The first-order valence-corrected chi connectivity index (χ1v) is 8.25. The Bertz CT molecular complexity index is 1020. The van der Waals surface area contributed by atoms with Crippen LogP contribution in [0.4, 0.5) is 5.69 Å². The molecule has 0 radical (unpaired) electrons. The number of anilines is 1. The highest BCUT2D eigenvalue weighted by molar-refractivity contribution is 6.31. The number of furan rings is 1. The molecule has 7 heteroatoms. The van der Waals surface area contributed by atoms with E-state index in [0.29, 0.717) is 27.6 Å². The number of aromatic nitrogens is 2. The maximum absolute atomic E-state index is 12.5. The summed E-state index contributed by atoms with van der Waals surface area (Å²) in [5, 5.41) is 3.83. The molecule has 3 aromatic rings. The average Bonchev–Trinajstić information content (AvgIpc) is 2.85. The number of nitrogens with one attached hydrogen (secondary N) is 1. The van der Waals surface area contributed by atoms with Crippen LogP contribution in [0.15, 0.2) is 33.7 Å². The zero-order valence-corrected chi connectivity index (χ0v) is 15.0. The van der Waals surface area contributed by atoms with Gasteiger partial charge in [0.25, 0.3) is 5.56 Å². The Labute approximate surface area is 149 Å². The van der Waals surface area contributed by atoms with Gasteiger partial charge in [0.15, 0.2) is 0 Å². The minimum atomic E-state index is -0.203. The number of amides is 1. The number of halogens is 1. The molecule has 130 valence electrons. The smallest absolute Gasteiger partial charge is 0.264 e. The van der Waals surface area contributed by atoms with Crippen molar-refractivity contribution in [3.63, 3.8) is 0 Å². The summed E-state index contributed by atoms with van der Waals surface area (Å²) in [7, 11) is 0. The first kappa shape index (κ1) is 17.2. The van der Waals surface area contributed by atoms with Gasteiger partial charge in [-0.15, -0.1) is 0 Å². The van der Waals surface area contributed by atoms with Gasteiger partial charge < -0.3 is 9.73 Å². The molecule has 0 unspecified atom stereocenters. The van der Waals surface area contributed by atoms with E-state index in [1.54, 1.807) is 19.1 Å². The molecule has 0 bridgehead atoms. The van der Waals surface area contributed by atoms with Crippen molar-refractivity contribution in [1.82, 2.24) is 9.55 Å². The fourth-order valence-electron chi connectivity index (χ4n) is 2.59. The highest BCUT2D eigenvalue weighted by Gasteiger charge is 2.14. The van der Waals surface area contributed by atoms with Crippen LogP contribution in [0.3, 0.4) is 0 Å². The second-order valence-corrected chi connectivity index (χ2v) is 6.40. The highest BCUT2D eigenvalue weighted by Crippen LogP contribution is 2.21. The Morgan fingerprint density at radius 2 is 2.08 bits per heavy atom. The van der Waals surface area contributed by atoms with Crippen LogP contribution < -0.4 is 10.9 Å².